The van der Waals surface area contributed by atoms with E-state index in [1.54, 1.807) is 0 Å². The lowest BCUT2D eigenvalue weighted by Crippen LogP contribution is -2.16. The number of nitrogens with one attached hydrogen (secondary N) is 2. The highest BCUT2D eigenvalue weighted by Crippen LogP contribution is 2.26. The zero-order chi connectivity index (χ0) is 15.6. The van der Waals surface area contributed by atoms with Crippen molar-refractivity contribution >= 4 is 11.6 Å². The lowest BCUT2D eigenvalue weighted by Gasteiger charge is -2.11. The second-order valence-corrected chi connectivity index (χ2v) is 6.14. The van der Waals surface area contributed by atoms with Crippen molar-refractivity contribution < 1.29 is 9.53 Å². The molecule has 118 valence electrons. The number of carbonyl (C=O) groups excluding carboxylic acids is 1. The molecule has 0 bridgehead atoms. The molecule has 1 aliphatic heterocycles. The summed E-state index contributed by atoms with van der Waals surface area (Å²) >= 11 is 0. The number of ether oxygens (including phenoxy) is 1. The van der Waals surface area contributed by atoms with Gasteiger partial charge in [0.25, 0.3) is 5.91 Å². The van der Waals surface area contributed by atoms with Crippen LogP contribution in [0.15, 0.2) is 36.4 Å². The molecule has 0 aromatic heterocycles. The van der Waals surface area contributed by atoms with Crippen LogP contribution < -0.4 is 15.4 Å². The zero-order valence-corrected chi connectivity index (χ0v) is 13.0. The van der Waals surface area contributed by atoms with Crippen LogP contribution in [0.3, 0.4) is 0 Å². The summed E-state index contributed by atoms with van der Waals surface area (Å²) in [4.78, 5) is 12.5. The average molecular weight is 308 g/mol. The van der Waals surface area contributed by atoms with Crippen molar-refractivity contribution in [1.82, 2.24) is 5.32 Å². The maximum Gasteiger partial charge on any atom is 0.255 e. The average Bonchev–Trinajstić information content (AvgIpc) is 2.91. The van der Waals surface area contributed by atoms with Gasteiger partial charge in [0, 0.05) is 29.9 Å². The van der Waals surface area contributed by atoms with Gasteiger partial charge in [-0.15, -0.1) is 0 Å². The SMILES string of the molecule is O=C(Nc1ccc2c(c1)CNCCO2)c1ccc2c(c1)CCC2. The van der Waals surface area contributed by atoms with Gasteiger partial charge in [0.05, 0.1) is 0 Å². The van der Waals surface area contributed by atoms with Crippen LogP contribution >= 0.6 is 0 Å². The molecule has 2 aromatic carbocycles. The van der Waals surface area contributed by atoms with E-state index in [-0.39, 0.29) is 5.91 Å². The minimum atomic E-state index is -0.0536. The maximum atomic E-state index is 12.5. The third kappa shape index (κ3) is 2.94. The van der Waals surface area contributed by atoms with Crippen LogP contribution in [0.5, 0.6) is 5.75 Å². The van der Waals surface area contributed by atoms with E-state index in [1.165, 1.54) is 17.5 Å². The van der Waals surface area contributed by atoms with E-state index in [9.17, 15) is 4.79 Å². The van der Waals surface area contributed by atoms with Crippen molar-refractivity contribution in [3.63, 3.8) is 0 Å². The molecule has 0 spiro atoms. The van der Waals surface area contributed by atoms with Crippen LogP contribution in [0.4, 0.5) is 5.69 Å². The number of amides is 1. The molecular weight excluding hydrogens is 288 g/mol. The zero-order valence-electron chi connectivity index (χ0n) is 13.0. The summed E-state index contributed by atoms with van der Waals surface area (Å²) in [6.45, 7) is 2.28. The third-order valence-corrected chi connectivity index (χ3v) is 4.53. The minimum absolute atomic E-state index is 0.0536. The quantitative estimate of drug-likeness (QED) is 0.897. The first kappa shape index (κ1) is 14.3. The molecule has 4 heteroatoms. The number of carbonyl (C=O) groups is 1. The second kappa shape index (κ2) is 6.05. The Hall–Kier alpha value is -2.33. The van der Waals surface area contributed by atoms with Gasteiger partial charge in [-0.05, 0) is 60.7 Å². The monoisotopic (exact) mass is 308 g/mol. The fourth-order valence-corrected chi connectivity index (χ4v) is 3.31. The van der Waals surface area contributed by atoms with Crippen molar-refractivity contribution in [2.75, 3.05) is 18.5 Å². The molecule has 0 saturated heterocycles. The molecule has 4 nitrogen and oxygen atoms in total. The molecule has 1 amide bonds. The molecule has 0 fully saturated rings. The molecule has 1 heterocycles. The number of anilines is 1. The Morgan fingerprint density at radius 1 is 1.04 bits per heavy atom. The first-order chi connectivity index (χ1) is 11.3. The highest BCUT2D eigenvalue weighted by molar-refractivity contribution is 6.04. The van der Waals surface area contributed by atoms with Gasteiger partial charge in [0.15, 0.2) is 0 Å². The van der Waals surface area contributed by atoms with Crippen LogP contribution in [-0.4, -0.2) is 19.1 Å². The Kier molecular flexibility index (Phi) is 3.75. The van der Waals surface area contributed by atoms with Crippen molar-refractivity contribution in [1.29, 1.82) is 0 Å². The second-order valence-electron chi connectivity index (χ2n) is 6.14. The van der Waals surface area contributed by atoms with Crippen molar-refractivity contribution in [2.45, 2.75) is 25.8 Å². The van der Waals surface area contributed by atoms with Crippen molar-refractivity contribution in [3.8, 4) is 5.75 Å². The Labute approximate surface area is 135 Å². The van der Waals surface area contributed by atoms with Gasteiger partial charge in [-0.1, -0.05) is 6.07 Å². The molecule has 23 heavy (non-hydrogen) atoms. The standard InChI is InChI=1S/C19H20N2O2/c22-19(15-5-4-13-2-1-3-14(13)10-15)21-17-6-7-18-16(11-17)12-20-8-9-23-18/h4-7,10-11,20H,1-3,8-9,12H2,(H,21,22). The van der Waals surface area contributed by atoms with Crippen LogP contribution in [0.25, 0.3) is 0 Å². The number of benzene rings is 2. The molecule has 0 saturated carbocycles. The molecule has 2 N–H and O–H groups in total. The molecule has 0 atom stereocenters. The molecular formula is C19H20N2O2. The summed E-state index contributed by atoms with van der Waals surface area (Å²) in [5.41, 5.74) is 5.32. The van der Waals surface area contributed by atoms with Crippen LogP contribution in [0, 0.1) is 0 Å². The van der Waals surface area contributed by atoms with E-state index >= 15 is 0 Å². The van der Waals surface area contributed by atoms with Gasteiger partial charge in [-0.3, -0.25) is 4.79 Å². The van der Waals surface area contributed by atoms with Gasteiger partial charge >= 0.3 is 0 Å². The summed E-state index contributed by atoms with van der Waals surface area (Å²) in [5.74, 6) is 0.840. The lowest BCUT2D eigenvalue weighted by atomic mass is 10.1. The Balaban J connectivity index is 1.53. The fraction of sp³-hybridized carbons (Fsp3) is 0.316. The summed E-state index contributed by atoms with van der Waals surface area (Å²) in [6.07, 6.45) is 3.41. The molecule has 0 unspecified atom stereocenters. The lowest BCUT2D eigenvalue weighted by molar-refractivity contribution is 0.102. The van der Waals surface area contributed by atoms with E-state index in [1.807, 2.05) is 30.3 Å². The highest BCUT2D eigenvalue weighted by atomic mass is 16.5. The van der Waals surface area contributed by atoms with E-state index in [0.29, 0.717) is 6.61 Å². The van der Waals surface area contributed by atoms with E-state index in [4.69, 9.17) is 4.74 Å². The predicted molar refractivity (Wildman–Crippen MR) is 90.1 cm³/mol. The first-order valence-electron chi connectivity index (χ1n) is 8.19. The number of hydrogen-bond donors (Lipinski definition) is 2. The fourth-order valence-electron chi connectivity index (χ4n) is 3.31. The van der Waals surface area contributed by atoms with E-state index < -0.39 is 0 Å². The largest absolute Gasteiger partial charge is 0.492 e. The highest BCUT2D eigenvalue weighted by Gasteiger charge is 2.15. The van der Waals surface area contributed by atoms with E-state index in [0.717, 1.165) is 48.5 Å². The molecule has 0 radical (unpaired) electrons. The number of aryl methyl sites for hydroxylation is 2. The number of fused-ring (bicyclic) bond motifs is 2. The number of hydrogen-bond acceptors (Lipinski definition) is 3. The van der Waals surface area contributed by atoms with Crippen molar-refractivity contribution in [2.24, 2.45) is 0 Å². The van der Waals surface area contributed by atoms with Gasteiger partial charge in [-0.25, -0.2) is 0 Å². The molecule has 2 aliphatic rings. The van der Waals surface area contributed by atoms with Gasteiger partial charge in [-0.2, -0.15) is 0 Å². The first-order valence-corrected chi connectivity index (χ1v) is 8.19. The molecule has 1 aliphatic carbocycles. The Bertz CT molecular complexity index is 755. The topological polar surface area (TPSA) is 50.4 Å². The van der Waals surface area contributed by atoms with Crippen molar-refractivity contribution in [3.05, 3.63) is 58.7 Å². The minimum Gasteiger partial charge on any atom is -0.492 e. The number of rotatable bonds is 2. The predicted octanol–water partition coefficient (Wildman–Crippen LogP) is 2.91. The normalized spacial score (nSPS) is 16.0. The third-order valence-electron chi connectivity index (χ3n) is 4.53. The van der Waals surface area contributed by atoms with Gasteiger partial charge in [0.2, 0.25) is 0 Å². The van der Waals surface area contributed by atoms with Crippen LogP contribution in [0.2, 0.25) is 0 Å². The Morgan fingerprint density at radius 3 is 2.91 bits per heavy atom. The summed E-state index contributed by atoms with van der Waals surface area (Å²) in [6, 6.07) is 11.9. The van der Waals surface area contributed by atoms with Gasteiger partial charge in [0.1, 0.15) is 12.4 Å². The smallest absolute Gasteiger partial charge is 0.255 e. The summed E-state index contributed by atoms with van der Waals surface area (Å²) in [5, 5.41) is 6.30. The Morgan fingerprint density at radius 2 is 1.96 bits per heavy atom. The summed E-state index contributed by atoms with van der Waals surface area (Å²) < 4.78 is 5.67. The molecule has 2 aromatic rings. The van der Waals surface area contributed by atoms with Gasteiger partial charge < -0.3 is 15.4 Å². The summed E-state index contributed by atoms with van der Waals surface area (Å²) in [7, 11) is 0. The van der Waals surface area contributed by atoms with E-state index in [2.05, 4.69) is 16.7 Å². The van der Waals surface area contributed by atoms with Crippen LogP contribution in [0.1, 0.15) is 33.5 Å². The molecule has 4 rings (SSSR count). The maximum absolute atomic E-state index is 12.5. The van der Waals surface area contributed by atoms with Crippen LogP contribution in [-0.2, 0) is 19.4 Å².